The Balaban J connectivity index is 2.06. The standard InChI is InChI=1S/C15H17ClN2O2S/c1-2-20-9-8-18-13-11(16)4-3-5-12(13)21-15(18)17-14(19)10-6-7-10/h3-5,10H,2,6-9H2,1H3. The predicted molar refractivity (Wildman–Crippen MR) is 84.6 cm³/mol. The number of hydrogen-bond donors (Lipinski definition) is 0. The van der Waals surface area contributed by atoms with Crippen molar-refractivity contribution in [2.24, 2.45) is 10.9 Å². The molecule has 3 rings (SSSR count). The van der Waals surface area contributed by atoms with Crippen molar-refractivity contribution in [2.45, 2.75) is 26.3 Å². The van der Waals surface area contributed by atoms with Gasteiger partial charge >= 0.3 is 0 Å². The summed E-state index contributed by atoms with van der Waals surface area (Å²) < 4.78 is 8.47. The van der Waals surface area contributed by atoms with Crippen molar-refractivity contribution < 1.29 is 9.53 Å². The molecule has 1 aromatic heterocycles. The summed E-state index contributed by atoms with van der Waals surface area (Å²) in [5, 5.41) is 0.681. The predicted octanol–water partition coefficient (Wildman–Crippen LogP) is 3.23. The molecule has 1 aliphatic rings. The second-order valence-corrected chi connectivity index (χ2v) is 6.46. The summed E-state index contributed by atoms with van der Waals surface area (Å²) >= 11 is 7.82. The van der Waals surface area contributed by atoms with Crippen molar-refractivity contribution in [3.63, 3.8) is 0 Å². The number of hydrogen-bond acceptors (Lipinski definition) is 3. The summed E-state index contributed by atoms with van der Waals surface area (Å²) in [5.74, 6) is 0.119. The minimum atomic E-state index is -0.0113. The third-order valence-electron chi connectivity index (χ3n) is 3.45. The van der Waals surface area contributed by atoms with Gasteiger partial charge in [0.25, 0.3) is 5.91 Å². The molecule has 21 heavy (non-hydrogen) atoms. The molecular weight excluding hydrogens is 308 g/mol. The lowest BCUT2D eigenvalue weighted by Crippen LogP contribution is -2.20. The molecule has 0 atom stereocenters. The fraction of sp³-hybridized carbons (Fsp3) is 0.467. The van der Waals surface area contributed by atoms with Crippen LogP contribution in [0.2, 0.25) is 5.02 Å². The summed E-state index contributed by atoms with van der Waals surface area (Å²) in [6.07, 6.45) is 1.93. The summed E-state index contributed by atoms with van der Waals surface area (Å²) in [6.45, 7) is 3.86. The maximum atomic E-state index is 12.0. The topological polar surface area (TPSA) is 43.6 Å². The van der Waals surface area contributed by atoms with Crippen molar-refractivity contribution in [3.8, 4) is 0 Å². The Morgan fingerprint density at radius 2 is 2.33 bits per heavy atom. The molecule has 112 valence electrons. The molecule has 4 nitrogen and oxygen atoms in total. The third kappa shape index (κ3) is 3.20. The highest BCUT2D eigenvalue weighted by Crippen LogP contribution is 2.30. The number of fused-ring (bicyclic) bond motifs is 1. The summed E-state index contributed by atoms with van der Waals surface area (Å²) in [5.41, 5.74) is 0.936. The van der Waals surface area contributed by atoms with Crippen LogP contribution in [0.25, 0.3) is 10.2 Å². The first-order valence-electron chi connectivity index (χ1n) is 7.15. The van der Waals surface area contributed by atoms with Gasteiger partial charge in [0.15, 0.2) is 4.80 Å². The van der Waals surface area contributed by atoms with Gasteiger partial charge in [0.2, 0.25) is 0 Å². The second-order valence-electron chi connectivity index (χ2n) is 5.04. The molecule has 0 unspecified atom stereocenters. The van der Waals surface area contributed by atoms with E-state index in [1.165, 1.54) is 11.3 Å². The van der Waals surface area contributed by atoms with Crippen LogP contribution in [-0.4, -0.2) is 23.7 Å². The molecule has 0 saturated heterocycles. The SMILES string of the molecule is CCOCCn1c(=NC(=O)C2CC2)sc2cccc(Cl)c21. The van der Waals surface area contributed by atoms with Crippen molar-refractivity contribution in [1.82, 2.24) is 4.57 Å². The maximum absolute atomic E-state index is 12.0. The highest BCUT2D eigenvalue weighted by atomic mass is 35.5. The van der Waals surface area contributed by atoms with Crippen LogP contribution in [0.3, 0.4) is 0 Å². The van der Waals surface area contributed by atoms with Crippen LogP contribution in [0.1, 0.15) is 19.8 Å². The van der Waals surface area contributed by atoms with E-state index in [0.29, 0.717) is 24.8 Å². The van der Waals surface area contributed by atoms with Crippen LogP contribution in [0, 0.1) is 5.92 Å². The number of para-hydroxylation sites is 1. The number of carbonyl (C=O) groups is 1. The van der Waals surface area contributed by atoms with Crippen molar-refractivity contribution in [1.29, 1.82) is 0 Å². The largest absolute Gasteiger partial charge is 0.380 e. The monoisotopic (exact) mass is 324 g/mol. The van der Waals surface area contributed by atoms with E-state index in [1.54, 1.807) is 0 Å². The Morgan fingerprint density at radius 3 is 3.05 bits per heavy atom. The molecule has 1 amide bonds. The molecule has 0 N–H and O–H groups in total. The van der Waals surface area contributed by atoms with Gasteiger partial charge in [-0.1, -0.05) is 29.0 Å². The molecule has 2 aromatic rings. The Morgan fingerprint density at radius 1 is 1.52 bits per heavy atom. The van der Waals surface area contributed by atoms with Crippen LogP contribution in [0.15, 0.2) is 23.2 Å². The Hall–Kier alpha value is -1.17. The van der Waals surface area contributed by atoms with Gasteiger partial charge in [-0.3, -0.25) is 4.79 Å². The fourth-order valence-corrected chi connectivity index (χ4v) is 3.62. The Kier molecular flexibility index (Phi) is 4.42. The van der Waals surface area contributed by atoms with Gasteiger partial charge in [-0.25, -0.2) is 0 Å². The van der Waals surface area contributed by atoms with Gasteiger partial charge in [-0.15, -0.1) is 0 Å². The van der Waals surface area contributed by atoms with Gasteiger partial charge in [0.1, 0.15) is 0 Å². The van der Waals surface area contributed by atoms with Gasteiger partial charge in [0.05, 0.1) is 21.8 Å². The molecule has 0 bridgehead atoms. The smallest absolute Gasteiger partial charge is 0.251 e. The molecule has 1 saturated carbocycles. The summed E-state index contributed by atoms with van der Waals surface area (Å²) in [6, 6.07) is 5.78. The number of halogens is 1. The zero-order valence-corrected chi connectivity index (χ0v) is 13.4. The quantitative estimate of drug-likeness (QED) is 0.792. The van der Waals surface area contributed by atoms with Crippen LogP contribution in [0.4, 0.5) is 0 Å². The molecule has 6 heteroatoms. The lowest BCUT2D eigenvalue weighted by atomic mass is 10.3. The van der Waals surface area contributed by atoms with Gasteiger partial charge in [0, 0.05) is 19.1 Å². The minimum Gasteiger partial charge on any atom is -0.380 e. The number of nitrogens with zero attached hydrogens (tertiary/aromatic N) is 2. The molecule has 1 fully saturated rings. The van der Waals surface area contributed by atoms with E-state index in [0.717, 1.165) is 27.9 Å². The van der Waals surface area contributed by atoms with E-state index in [2.05, 4.69) is 4.99 Å². The van der Waals surface area contributed by atoms with Gasteiger partial charge in [-0.2, -0.15) is 4.99 Å². The highest BCUT2D eigenvalue weighted by Gasteiger charge is 2.29. The van der Waals surface area contributed by atoms with E-state index in [-0.39, 0.29) is 11.8 Å². The van der Waals surface area contributed by atoms with Crippen LogP contribution >= 0.6 is 22.9 Å². The molecule has 1 aliphatic carbocycles. The summed E-state index contributed by atoms with van der Waals surface area (Å²) in [4.78, 5) is 17.0. The normalized spacial score (nSPS) is 15.8. The van der Waals surface area contributed by atoms with Crippen LogP contribution < -0.4 is 4.80 Å². The Bertz CT molecular complexity index is 731. The fourth-order valence-electron chi connectivity index (χ4n) is 2.20. The third-order valence-corrected chi connectivity index (χ3v) is 4.80. The molecule has 0 radical (unpaired) electrons. The first-order valence-corrected chi connectivity index (χ1v) is 8.34. The van der Waals surface area contributed by atoms with Crippen molar-refractivity contribution in [2.75, 3.05) is 13.2 Å². The maximum Gasteiger partial charge on any atom is 0.251 e. The second kappa shape index (κ2) is 6.30. The van der Waals surface area contributed by atoms with Crippen LogP contribution in [0.5, 0.6) is 0 Å². The number of thiazole rings is 1. The number of rotatable bonds is 5. The van der Waals surface area contributed by atoms with E-state index in [1.807, 2.05) is 29.7 Å². The number of carbonyl (C=O) groups excluding carboxylic acids is 1. The van der Waals surface area contributed by atoms with E-state index in [9.17, 15) is 4.79 Å². The molecular formula is C15H17ClN2O2S. The Labute approximate surface area is 132 Å². The average Bonchev–Trinajstić information content (AvgIpc) is 3.24. The van der Waals surface area contributed by atoms with Crippen molar-refractivity contribution >= 4 is 39.1 Å². The van der Waals surface area contributed by atoms with Crippen molar-refractivity contribution in [3.05, 3.63) is 28.0 Å². The number of benzene rings is 1. The molecule has 0 spiro atoms. The minimum absolute atomic E-state index is 0.0113. The molecule has 1 heterocycles. The van der Waals surface area contributed by atoms with E-state index in [4.69, 9.17) is 16.3 Å². The molecule has 0 aliphatic heterocycles. The first-order chi connectivity index (χ1) is 10.2. The number of aromatic nitrogens is 1. The zero-order valence-electron chi connectivity index (χ0n) is 11.8. The first kappa shape index (κ1) is 14.8. The number of ether oxygens (including phenoxy) is 1. The van der Waals surface area contributed by atoms with Crippen LogP contribution in [-0.2, 0) is 16.1 Å². The lowest BCUT2D eigenvalue weighted by Gasteiger charge is -2.06. The summed E-state index contributed by atoms with van der Waals surface area (Å²) in [7, 11) is 0. The average molecular weight is 325 g/mol. The van der Waals surface area contributed by atoms with Gasteiger partial charge in [-0.05, 0) is 31.9 Å². The van der Waals surface area contributed by atoms with E-state index < -0.39 is 0 Å². The zero-order chi connectivity index (χ0) is 14.8. The van der Waals surface area contributed by atoms with Gasteiger partial charge < -0.3 is 9.30 Å². The van der Waals surface area contributed by atoms with E-state index >= 15 is 0 Å². The lowest BCUT2D eigenvalue weighted by molar-refractivity contribution is -0.119. The number of amides is 1. The molecule has 1 aromatic carbocycles. The highest BCUT2D eigenvalue weighted by molar-refractivity contribution is 7.16.